The first-order valence-corrected chi connectivity index (χ1v) is 5.96. The number of amides is 1. The fourth-order valence-electron chi connectivity index (χ4n) is 1.59. The molecule has 0 fully saturated rings. The molecule has 2 aromatic rings. The number of primary amides is 1. The van der Waals surface area contributed by atoms with Crippen LogP contribution < -0.4 is 11.1 Å². The molecule has 1 heterocycles. The minimum absolute atomic E-state index is 0.0634. The summed E-state index contributed by atoms with van der Waals surface area (Å²) in [4.78, 5) is 18.5. The first-order chi connectivity index (χ1) is 9.88. The second kappa shape index (κ2) is 5.96. The molecule has 1 aromatic carbocycles. The van der Waals surface area contributed by atoms with Crippen LogP contribution in [-0.2, 0) is 6.54 Å². The highest BCUT2D eigenvalue weighted by atomic mass is 35.5. The molecule has 0 saturated heterocycles. The number of rotatable bonds is 4. The zero-order chi connectivity index (χ0) is 15.6. The third-order valence-electron chi connectivity index (χ3n) is 2.54. The Labute approximate surface area is 122 Å². The lowest BCUT2D eigenvalue weighted by molar-refractivity contribution is 0.100. The van der Waals surface area contributed by atoms with E-state index in [2.05, 4.69) is 15.3 Å². The minimum Gasteiger partial charge on any atom is -0.365 e. The van der Waals surface area contributed by atoms with Gasteiger partial charge in [-0.1, -0.05) is 0 Å². The van der Waals surface area contributed by atoms with Gasteiger partial charge in [0.25, 0.3) is 5.91 Å². The van der Waals surface area contributed by atoms with E-state index >= 15 is 0 Å². The number of benzene rings is 1. The predicted molar refractivity (Wildman–Crippen MR) is 69.2 cm³/mol. The molecule has 9 heteroatoms. The van der Waals surface area contributed by atoms with Gasteiger partial charge in [-0.15, -0.1) is 0 Å². The molecular weight excluding hydrogens is 309 g/mol. The van der Waals surface area contributed by atoms with E-state index in [9.17, 15) is 18.0 Å². The lowest BCUT2D eigenvalue weighted by Gasteiger charge is -2.10. The van der Waals surface area contributed by atoms with Crippen LogP contribution in [0.4, 0.5) is 19.0 Å². The van der Waals surface area contributed by atoms with Gasteiger partial charge >= 0.3 is 0 Å². The Morgan fingerprint density at radius 2 is 2.05 bits per heavy atom. The van der Waals surface area contributed by atoms with Crippen molar-refractivity contribution in [3.05, 3.63) is 52.2 Å². The summed E-state index contributed by atoms with van der Waals surface area (Å²) in [5, 5.41) is 2.36. The van der Waals surface area contributed by atoms with Crippen molar-refractivity contribution in [1.82, 2.24) is 9.97 Å². The first kappa shape index (κ1) is 15.0. The second-order valence-corrected chi connectivity index (χ2v) is 4.32. The fraction of sp³-hybridized carbons (Fsp3) is 0.0833. The highest BCUT2D eigenvalue weighted by molar-refractivity contribution is 6.28. The van der Waals surface area contributed by atoms with Crippen molar-refractivity contribution in [1.29, 1.82) is 0 Å². The quantitative estimate of drug-likeness (QED) is 0.669. The molecule has 1 amide bonds. The van der Waals surface area contributed by atoms with Gasteiger partial charge in [-0.2, -0.15) is 4.98 Å². The molecule has 0 bridgehead atoms. The van der Waals surface area contributed by atoms with Crippen molar-refractivity contribution < 1.29 is 18.0 Å². The van der Waals surface area contributed by atoms with Gasteiger partial charge in [0.05, 0.1) is 5.56 Å². The molecular formula is C12H8ClF3N4O. The lowest BCUT2D eigenvalue weighted by atomic mass is 10.2. The van der Waals surface area contributed by atoms with Crippen LogP contribution in [0, 0.1) is 17.5 Å². The Morgan fingerprint density at radius 1 is 1.33 bits per heavy atom. The van der Waals surface area contributed by atoms with Crippen molar-refractivity contribution in [3.8, 4) is 0 Å². The van der Waals surface area contributed by atoms with Crippen LogP contribution in [0.5, 0.6) is 0 Å². The highest BCUT2D eigenvalue weighted by Gasteiger charge is 2.14. The lowest BCUT2D eigenvalue weighted by Crippen LogP contribution is -2.16. The molecule has 0 radical (unpaired) electrons. The van der Waals surface area contributed by atoms with Crippen LogP contribution in [0.2, 0.25) is 5.28 Å². The second-order valence-electron chi connectivity index (χ2n) is 3.98. The summed E-state index contributed by atoms with van der Waals surface area (Å²) in [6.45, 7) is -0.325. The first-order valence-electron chi connectivity index (χ1n) is 5.58. The Kier molecular flexibility index (Phi) is 4.27. The van der Waals surface area contributed by atoms with Crippen LogP contribution in [0.1, 0.15) is 15.9 Å². The molecule has 0 saturated carbocycles. The van der Waals surface area contributed by atoms with E-state index in [4.69, 9.17) is 17.3 Å². The molecule has 0 aliphatic rings. The molecule has 110 valence electrons. The van der Waals surface area contributed by atoms with Crippen LogP contribution >= 0.6 is 11.6 Å². The third-order valence-corrected chi connectivity index (χ3v) is 2.72. The van der Waals surface area contributed by atoms with Crippen LogP contribution in [-0.4, -0.2) is 15.9 Å². The number of hydrogen-bond acceptors (Lipinski definition) is 4. The van der Waals surface area contributed by atoms with Crippen molar-refractivity contribution in [2.75, 3.05) is 5.32 Å². The average molecular weight is 317 g/mol. The van der Waals surface area contributed by atoms with E-state index in [1.165, 1.54) is 0 Å². The molecule has 3 N–H and O–H groups in total. The number of hydrogen-bond donors (Lipinski definition) is 2. The number of aromatic nitrogens is 2. The van der Waals surface area contributed by atoms with Gasteiger partial charge in [0, 0.05) is 24.4 Å². The number of nitrogens with two attached hydrogens (primary N) is 1. The third kappa shape index (κ3) is 3.40. The topological polar surface area (TPSA) is 80.9 Å². The summed E-state index contributed by atoms with van der Waals surface area (Å²) >= 11 is 5.58. The molecule has 0 aliphatic heterocycles. The highest BCUT2D eigenvalue weighted by Crippen LogP contribution is 2.18. The number of carbonyl (C=O) groups is 1. The van der Waals surface area contributed by atoms with E-state index in [1.807, 2.05) is 0 Å². The Balaban J connectivity index is 2.28. The average Bonchev–Trinajstić information content (AvgIpc) is 2.40. The predicted octanol–water partition coefficient (Wildman–Crippen LogP) is 2.26. The van der Waals surface area contributed by atoms with Gasteiger partial charge in [-0.05, 0) is 17.7 Å². The molecule has 0 unspecified atom stereocenters. The number of anilines is 1. The Hall–Kier alpha value is -2.35. The van der Waals surface area contributed by atoms with Crippen molar-refractivity contribution in [2.24, 2.45) is 5.73 Å². The molecule has 2 rings (SSSR count). The van der Waals surface area contributed by atoms with E-state index < -0.39 is 23.4 Å². The van der Waals surface area contributed by atoms with E-state index in [-0.39, 0.29) is 28.8 Å². The summed E-state index contributed by atoms with van der Waals surface area (Å²) in [7, 11) is 0. The van der Waals surface area contributed by atoms with Gasteiger partial charge in [-0.3, -0.25) is 4.79 Å². The van der Waals surface area contributed by atoms with Crippen molar-refractivity contribution in [2.45, 2.75) is 6.54 Å². The Morgan fingerprint density at radius 3 is 2.71 bits per heavy atom. The molecule has 0 aliphatic carbocycles. The van der Waals surface area contributed by atoms with Crippen LogP contribution in [0.15, 0.2) is 18.3 Å². The van der Waals surface area contributed by atoms with Gasteiger partial charge in [0.2, 0.25) is 5.28 Å². The smallest absolute Gasteiger partial charge is 0.254 e. The van der Waals surface area contributed by atoms with Gasteiger partial charge in [0.15, 0.2) is 11.6 Å². The molecule has 0 spiro atoms. The summed E-state index contributed by atoms with van der Waals surface area (Å²) < 4.78 is 39.6. The molecule has 1 aromatic heterocycles. The minimum atomic E-state index is -1.32. The SMILES string of the molecule is NC(=O)c1cnc(Cl)nc1NCc1cc(F)cc(F)c1F. The zero-order valence-corrected chi connectivity index (χ0v) is 11.1. The van der Waals surface area contributed by atoms with Crippen molar-refractivity contribution in [3.63, 3.8) is 0 Å². The summed E-state index contributed by atoms with van der Waals surface area (Å²) in [5.41, 5.74) is 4.75. The van der Waals surface area contributed by atoms with Gasteiger partial charge in [-0.25, -0.2) is 18.2 Å². The maximum atomic E-state index is 13.5. The maximum absolute atomic E-state index is 13.5. The monoisotopic (exact) mass is 316 g/mol. The summed E-state index contributed by atoms with van der Waals surface area (Å²) in [5.74, 6) is -4.35. The number of nitrogens with zero attached hydrogens (tertiary/aromatic N) is 2. The zero-order valence-electron chi connectivity index (χ0n) is 10.3. The van der Waals surface area contributed by atoms with E-state index in [1.54, 1.807) is 0 Å². The Bertz CT molecular complexity index is 711. The van der Waals surface area contributed by atoms with Crippen LogP contribution in [0.25, 0.3) is 0 Å². The number of nitrogens with one attached hydrogen (secondary N) is 1. The number of halogens is 4. The van der Waals surface area contributed by atoms with Gasteiger partial charge in [0.1, 0.15) is 11.6 Å². The van der Waals surface area contributed by atoms with Gasteiger partial charge < -0.3 is 11.1 Å². The van der Waals surface area contributed by atoms with E-state index in [0.717, 1.165) is 12.3 Å². The van der Waals surface area contributed by atoms with Crippen molar-refractivity contribution >= 4 is 23.3 Å². The number of carbonyl (C=O) groups excluding carboxylic acids is 1. The summed E-state index contributed by atoms with van der Waals surface area (Å²) in [6, 6.07) is 1.24. The van der Waals surface area contributed by atoms with Crippen LogP contribution in [0.3, 0.4) is 0 Å². The normalized spacial score (nSPS) is 10.5. The largest absolute Gasteiger partial charge is 0.365 e. The molecule has 5 nitrogen and oxygen atoms in total. The molecule has 21 heavy (non-hydrogen) atoms. The maximum Gasteiger partial charge on any atom is 0.254 e. The summed E-state index contributed by atoms with van der Waals surface area (Å²) in [6.07, 6.45) is 1.09. The molecule has 0 atom stereocenters. The fourth-order valence-corrected chi connectivity index (χ4v) is 1.73. The van der Waals surface area contributed by atoms with E-state index in [0.29, 0.717) is 6.07 Å². The standard InChI is InChI=1S/C12H8ClF3N4O/c13-12-19-4-7(10(17)21)11(20-12)18-3-5-1-6(14)2-8(15)9(5)16/h1-2,4H,3H2,(H2,17,21)(H,18,19,20).